The van der Waals surface area contributed by atoms with Crippen molar-refractivity contribution in [2.75, 3.05) is 7.11 Å². The maximum atomic E-state index is 9.69. The zero-order valence-electron chi connectivity index (χ0n) is 6.03. The summed E-state index contributed by atoms with van der Waals surface area (Å²) in [6.45, 7) is 1.08. The molecule has 0 aromatic heterocycles. The van der Waals surface area contributed by atoms with E-state index < -0.39 is 17.9 Å². The van der Waals surface area contributed by atoms with Crippen molar-refractivity contribution in [1.82, 2.24) is 0 Å². The zero-order valence-corrected chi connectivity index (χ0v) is 6.03. The summed E-state index contributed by atoms with van der Waals surface area (Å²) in [5.74, 6) is -3.64. The summed E-state index contributed by atoms with van der Waals surface area (Å²) in [5.41, 5.74) is 0. The van der Waals surface area contributed by atoms with Crippen LogP contribution in [0.1, 0.15) is 6.92 Å². The zero-order chi connectivity index (χ0) is 9.44. The molecule has 0 radical (unpaired) electrons. The van der Waals surface area contributed by atoms with E-state index in [1.165, 1.54) is 0 Å². The Morgan fingerprint density at radius 1 is 1.18 bits per heavy atom. The van der Waals surface area contributed by atoms with Gasteiger partial charge in [0, 0.05) is 6.92 Å². The van der Waals surface area contributed by atoms with Crippen molar-refractivity contribution < 1.29 is 29.3 Å². The number of carboxylic acids is 2. The van der Waals surface area contributed by atoms with Gasteiger partial charge in [0.05, 0.1) is 7.11 Å². The van der Waals surface area contributed by atoms with Crippen molar-refractivity contribution in [3.8, 4) is 0 Å². The number of hydrogen-bond donors (Lipinski definition) is 2. The highest BCUT2D eigenvalue weighted by atomic mass is 16.5. The Bertz CT molecular complexity index is 156. The van der Waals surface area contributed by atoms with Crippen LogP contribution < -0.4 is 0 Å². The first-order chi connectivity index (χ1) is 4.91. The molecule has 6 heteroatoms. The van der Waals surface area contributed by atoms with Gasteiger partial charge in [-0.25, -0.2) is 9.59 Å². The average molecular weight is 164 g/mol. The Morgan fingerprint density at radius 2 is 1.45 bits per heavy atom. The Hall–Kier alpha value is -1.59. The van der Waals surface area contributed by atoms with Crippen LogP contribution in [0.25, 0.3) is 0 Å². The van der Waals surface area contributed by atoms with Crippen molar-refractivity contribution in [3.63, 3.8) is 0 Å². The van der Waals surface area contributed by atoms with Crippen LogP contribution in [0, 0.1) is 0 Å². The van der Waals surface area contributed by atoms with Gasteiger partial charge in [-0.2, -0.15) is 0 Å². The van der Waals surface area contributed by atoms with Crippen LogP contribution in [0.2, 0.25) is 0 Å². The number of ether oxygens (including phenoxy) is 1. The van der Waals surface area contributed by atoms with Crippen LogP contribution in [-0.2, 0) is 19.1 Å². The number of esters is 1. The highest BCUT2D eigenvalue weighted by Gasteiger charge is 2.08. The fraction of sp³-hybridized carbons (Fsp3) is 0.400. The van der Waals surface area contributed by atoms with Crippen molar-refractivity contribution in [2.45, 2.75) is 6.92 Å². The molecule has 0 unspecified atom stereocenters. The van der Waals surface area contributed by atoms with Crippen LogP contribution in [0.15, 0.2) is 0 Å². The molecule has 0 aliphatic carbocycles. The summed E-state index contributed by atoms with van der Waals surface area (Å²) in [4.78, 5) is 28.1. The average Bonchev–Trinajstić information content (AvgIpc) is 1.85. The number of carboxylic acid groups (broad SMARTS) is 2. The van der Waals surface area contributed by atoms with Gasteiger partial charge in [-0.15, -0.1) is 0 Å². The SMILES string of the molecule is CC(=O)O.COC(=O)C(=O)O. The molecule has 0 saturated heterocycles. The van der Waals surface area contributed by atoms with Crippen LogP contribution in [0.5, 0.6) is 0 Å². The first kappa shape index (κ1) is 12.1. The number of hydrogen-bond acceptors (Lipinski definition) is 4. The van der Waals surface area contributed by atoms with E-state index >= 15 is 0 Å². The molecule has 0 saturated carbocycles. The molecule has 0 aliphatic heterocycles. The number of rotatable bonds is 0. The van der Waals surface area contributed by atoms with Crippen molar-refractivity contribution in [2.24, 2.45) is 0 Å². The predicted octanol–water partition coefficient (Wildman–Crippen LogP) is -0.665. The molecule has 0 heterocycles. The number of carbonyl (C=O) groups is 3. The van der Waals surface area contributed by atoms with E-state index in [0.717, 1.165) is 14.0 Å². The summed E-state index contributed by atoms with van der Waals surface area (Å²) >= 11 is 0. The lowest BCUT2D eigenvalue weighted by molar-refractivity contribution is -0.161. The van der Waals surface area contributed by atoms with Gasteiger partial charge in [0.2, 0.25) is 0 Å². The van der Waals surface area contributed by atoms with E-state index in [4.69, 9.17) is 15.0 Å². The van der Waals surface area contributed by atoms with Crippen molar-refractivity contribution in [1.29, 1.82) is 0 Å². The summed E-state index contributed by atoms with van der Waals surface area (Å²) in [7, 11) is 1.01. The van der Waals surface area contributed by atoms with E-state index in [1.54, 1.807) is 0 Å². The van der Waals surface area contributed by atoms with Gasteiger partial charge >= 0.3 is 11.9 Å². The van der Waals surface area contributed by atoms with Gasteiger partial charge in [-0.05, 0) is 0 Å². The summed E-state index contributed by atoms with van der Waals surface area (Å²) in [6, 6.07) is 0. The van der Waals surface area contributed by atoms with Crippen LogP contribution >= 0.6 is 0 Å². The molecule has 0 fully saturated rings. The quantitative estimate of drug-likeness (QED) is 0.364. The molecule has 0 aliphatic rings. The molecule has 6 nitrogen and oxygen atoms in total. The summed E-state index contributed by atoms with van der Waals surface area (Å²) in [6.07, 6.45) is 0. The maximum Gasteiger partial charge on any atom is 0.417 e. The van der Waals surface area contributed by atoms with Crippen LogP contribution in [-0.4, -0.2) is 35.2 Å². The molecule has 0 rings (SSSR count). The van der Waals surface area contributed by atoms with Gasteiger partial charge in [0.25, 0.3) is 5.97 Å². The molecule has 2 N–H and O–H groups in total. The van der Waals surface area contributed by atoms with Gasteiger partial charge in [0.1, 0.15) is 0 Å². The topological polar surface area (TPSA) is 101 Å². The molecule has 0 atom stereocenters. The van der Waals surface area contributed by atoms with Gasteiger partial charge in [-0.1, -0.05) is 0 Å². The molecule has 0 bridgehead atoms. The Balaban J connectivity index is 0. The third-order valence-electron chi connectivity index (χ3n) is 0.360. The first-order valence-electron chi connectivity index (χ1n) is 2.42. The summed E-state index contributed by atoms with van der Waals surface area (Å²) < 4.78 is 3.77. The van der Waals surface area contributed by atoms with Gasteiger partial charge < -0.3 is 14.9 Å². The molecule has 0 amide bonds. The maximum absolute atomic E-state index is 9.69. The highest BCUT2D eigenvalue weighted by molar-refractivity contribution is 6.28. The minimum Gasteiger partial charge on any atom is -0.481 e. The van der Waals surface area contributed by atoms with E-state index in [1.807, 2.05) is 0 Å². The van der Waals surface area contributed by atoms with Gasteiger partial charge in [-0.3, -0.25) is 4.79 Å². The molecule has 64 valence electrons. The largest absolute Gasteiger partial charge is 0.481 e. The standard InChI is InChI=1S/C3H4O4.C2H4O2/c1-7-3(6)2(4)5;1-2(3)4/h1H3,(H,4,5);1H3,(H,3,4). The minimum atomic E-state index is -1.57. The van der Waals surface area contributed by atoms with E-state index in [0.29, 0.717) is 0 Å². The monoisotopic (exact) mass is 164 g/mol. The second-order valence-corrected chi connectivity index (χ2v) is 1.32. The molecule has 0 spiro atoms. The first-order valence-corrected chi connectivity index (χ1v) is 2.42. The predicted molar refractivity (Wildman–Crippen MR) is 33.0 cm³/mol. The minimum absolute atomic E-state index is 0.833. The van der Waals surface area contributed by atoms with Crippen LogP contribution in [0.4, 0.5) is 0 Å². The molecule has 0 aromatic carbocycles. The molecular formula is C5H8O6. The lowest BCUT2D eigenvalue weighted by Gasteiger charge is -1.85. The molecular weight excluding hydrogens is 156 g/mol. The van der Waals surface area contributed by atoms with Crippen molar-refractivity contribution in [3.05, 3.63) is 0 Å². The fourth-order valence-electron chi connectivity index (χ4n) is 0.0873. The molecule has 11 heavy (non-hydrogen) atoms. The molecule has 0 aromatic rings. The number of methoxy groups -OCH3 is 1. The van der Waals surface area contributed by atoms with E-state index in [-0.39, 0.29) is 0 Å². The Labute approximate surface area is 62.4 Å². The Morgan fingerprint density at radius 3 is 1.45 bits per heavy atom. The Kier molecular flexibility index (Phi) is 7.19. The number of carbonyl (C=O) groups excluding carboxylic acids is 1. The fourth-order valence-corrected chi connectivity index (χ4v) is 0.0873. The summed E-state index contributed by atoms with van der Waals surface area (Å²) in [5, 5.41) is 15.1. The lowest BCUT2D eigenvalue weighted by atomic mass is 10.7. The van der Waals surface area contributed by atoms with Gasteiger partial charge in [0.15, 0.2) is 0 Å². The van der Waals surface area contributed by atoms with Crippen molar-refractivity contribution >= 4 is 17.9 Å². The smallest absolute Gasteiger partial charge is 0.417 e. The third kappa shape index (κ3) is 17.8. The van der Waals surface area contributed by atoms with E-state index in [9.17, 15) is 9.59 Å². The van der Waals surface area contributed by atoms with Crippen LogP contribution in [0.3, 0.4) is 0 Å². The highest BCUT2D eigenvalue weighted by Crippen LogP contribution is 1.68. The number of aliphatic carboxylic acids is 2. The second kappa shape index (κ2) is 6.53. The normalized spacial score (nSPS) is 7.09. The second-order valence-electron chi connectivity index (χ2n) is 1.32. The lowest BCUT2D eigenvalue weighted by Crippen LogP contribution is -2.13. The third-order valence-corrected chi connectivity index (χ3v) is 0.360. The van der Waals surface area contributed by atoms with E-state index in [2.05, 4.69) is 4.74 Å².